The fraction of sp³-hybridized carbons (Fsp3) is 0.100. The van der Waals surface area contributed by atoms with E-state index in [2.05, 4.69) is 54.6 Å². The fourth-order valence-electron chi connectivity index (χ4n) is 3.25. The molecule has 1 aliphatic carbocycles. The highest BCUT2D eigenvalue weighted by atomic mass is 16.3. The van der Waals surface area contributed by atoms with Gasteiger partial charge in [0.25, 0.3) is 0 Å². The highest BCUT2D eigenvalue weighted by Crippen LogP contribution is 2.40. The molecule has 1 N–H and O–H groups in total. The molecular formula is C20H16O. The Morgan fingerprint density at radius 3 is 2.38 bits per heavy atom. The molecule has 0 heterocycles. The summed E-state index contributed by atoms with van der Waals surface area (Å²) in [6, 6.07) is 22.7. The molecule has 0 radical (unpaired) electrons. The summed E-state index contributed by atoms with van der Waals surface area (Å²) in [5, 5.41) is 13.2. The molecule has 3 aromatic carbocycles. The van der Waals surface area contributed by atoms with Gasteiger partial charge in [-0.2, -0.15) is 0 Å². The lowest BCUT2D eigenvalue weighted by Crippen LogP contribution is -2.13. The lowest BCUT2D eigenvalue weighted by molar-refractivity contribution is 0.161. The second-order valence-corrected chi connectivity index (χ2v) is 5.53. The van der Waals surface area contributed by atoms with E-state index >= 15 is 0 Å². The number of benzene rings is 3. The first kappa shape index (κ1) is 12.4. The molecule has 0 spiro atoms. The van der Waals surface area contributed by atoms with Crippen molar-refractivity contribution in [2.24, 2.45) is 0 Å². The van der Waals surface area contributed by atoms with E-state index < -0.39 is 6.10 Å². The Balaban J connectivity index is 1.88. The minimum atomic E-state index is -0.489. The van der Waals surface area contributed by atoms with E-state index in [1.54, 1.807) is 0 Å². The minimum absolute atomic E-state index is 0.00556. The maximum atomic E-state index is 10.8. The second-order valence-electron chi connectivity index (χ2n) is 5.53. The quantitative estimate of drug-likeness (QED) is 0.681. The summed E-state index contributed by atoms with van der Waals surface area (Å²) in [4.78, 5) is 0. The predicted molar refractivity (Wildman–Crippen MR) is 87.1 cm³/mol. The third-order valence-corrected chi connectivity index (χ3v) is 4.32. The van der Waals surface area contributed by atoms with Crippen LogP contribution in [0.15, 0.2) is 72.8 Å². The van der Waals surface area contributed by atoms with Crippen molar-refractivity contribution in [3.8, 4) is 0 Å². The molecule has 21 heavy (non-hydrogen) atoms. The summed E-state index contributed by atoms with van der Waals surface area (Å²) in [6.45, 7) is 0. The van der Waals surface area contributed by atoms with Crippen molar-refractivity contribution in [1.29, 1.82) is 0 Å². The average Bonchev–Trinajstić information content (AvgIpc) is 2.55. The van der Waals surface area contributed by atoms with Crippen molar-refractivity contribution in [2.45, 2.75) is 12.0 Å². The van der Waals surface area contributed by atoms with E-state index in [1.165, 1.54) is 16.3 Å². The summed E-state index contributed by atoms with van der Waals surface area (Å²) in [6.07, 6.45) is 3.75. The first-order valence-corrected chi connectivity index (χ1v) is 7.27. The normalized spacial score (nSPS) is 20.4. The van der Waals surface area contributed by atoms with Gasteiger partial charge in [-0.05, 0) is 27.5 Å². The summed E-state index contributed by atoms with van der Waals surface area (Å²) in [7, 11) is 0. The van der Waals surface area contributed by atoms with Gasteiger partial charge in [-0.25, -0.2) is 0 Å². The third kappa shape index (κ3) is 1.98. The molecule has 0 saturated heterocycles. The first-order valence-electron chi connectivity index (χ1n) is 7.27. The van der Waals surface area contributed by atoms with E-state index in [-0.39, 0.29) is 5.92 Å². The van der Waals surface area contributed by atoms with E-state index in [9.17, 15) is 5.11 Å². The summed E-state index contributed by atoms with van der Waals surface area (Å²) < 4.78 is 0. The van der Waals surface area contributed by atoms with Gasteiger partial charge in [-0.1, -0.05) is 78.9 Å². The molecule has 0 saturated carbocycles. The monoisotopic (exact) mass is 272 g/mol. The predicted octanol–water partition coefficient (Wildman–Crippen LogP) is 4.68. The van der Waals surface area contributed by atoms with Gasteiger partial charge in [0.05, 0.1) is 6.10 Å². The van der Waals surface area contributed by atoms with Gasteiger partial charge in [-0.3, -0.25) is 0 Å². The van der Waals surface area contributed by atoms with Crippen LogP contribution in [0.4, 0.5) is 0 Å². The van der Waals surface area contributed by atoms with Crippen LogP contribution in [0.3, 0.4) is 0 Å². The molecule has 2 atom stereocenters. The van der Waals surface area contributed by atoms with Crippen molar-refractivity contribution >= 4 is 16.8 Å². The Kier molecular flexibility index (Phi) is 2.87. The molecule has 2 unspecified atom stereocenters. The number of aliphatic hydroxyl groups is 1. The molecule has 1 heteroatoms. The topological polar surface area (TPSA) is 20.2 Å². The highest BCUT2D eigenvalue weighted by molar-refractivity contribution is 5.86. The largest absolute Gasteiger partial charge is 0.387 e. The Bertz CT molecular complexity index is 827. The van der Waals surface area contributed by atoms with Gasteiger partial charge in [0, 0.05) is 5.92 Å². The highest BCUT2D eigenvalue weighted by Gasteiger charge is 2.26. The van der Waals surface area contributed by atoms with Crippen LogP contribution in [0.2, 0.25) is 0 Å². The zero-order valence-electron chi connectivity index (χ0n) is 11.6. The molecule has 0 fully saturated rings. The van der Waals surface area contributed by atoms with Gasteiger partial charge in [0.2, 0.25) is 0 Å². The molecule has 0 amide bonds. The van der Waals surface area contributed by atoms with Gasteiger partial charge in [-0.15, -0.1) is 0 Å². The van der Waals surface area contributed by atoms with E-state index in [1.807, 2.05) is 24.3 Å². The lowest BCUT2D eigenvalue weighted by atomic mass is 9.81. The standard InChI is InChI=1S/C20H16O/c21-20-17-10-4-2-7-15(17)12-13-19(20)18-11-5-8-14-6-1-3-9-16(14)18/h1-13,19-21H. The third-order valence-electron chi connectivity index (χ3n) is 4.32. The van der Waals surface area contributed by atoms with Crippen LogP contribution in [0, 0.1) is 0 Å². The molecule has 4 rings (SSSR count). The van der Waals surface area contributed by atoms with Crippen LogP contribution >= 0.6 is 0 Å². The number of aliphatic hydroxyl groups excluding tert-OH is 1. The Morgan fingerprint density at radius 1 is 0.714 bits per heavy atom. The maximum Gasteiger partial charge on any atom is 0.0899 e. The van der Waals surface area contributed by atoms with Crippen LogP contribution in [0.5, 0.6) is 0 Å². The molecule has 0 bridgehead atoms. The maximum absolute atomic E-state index is 10.8. The first-order chi connectivity index (χ1) is 10.3. The molecular weight excluding hydrogens is 256 g/mol. The number of hydrogen-bond acceptors (Lipinski definition) is 1. The van der Waals surface area contributed by atoms with Gasteiger partial charge < -0.3 is 5.11 Å². The summed E-state index contributed by atoms with van der Waals surface area (Å²) in [5.74, 6) is 0.00556. The van der Waals surface area contributed by atoms with Crippen molar-refractivity contribution < 1.29 is 5.11 Å². The molecule has 102 valence electrons. The van der Waals surface area contributed by atoms with Crippen molar-refractivity contribution in [3.05, 3.63) is 89.5 Å². The van der Waals surface area contributed by atoms with Crippen LogP contribution in [0.1, 0.15) is 28.7 Å². The molecule has 3 aromatic rings. The summed E-state index contributed by atoms with van der Waals surface area (Å²) >= 11 is 0. The smallest absolute Gasteiger partial charge is 0.0899 e. The van der Waals surface area contributed by atoms with Gasteiger partial charge in [0.15, 0.2) is 0 Å². The zero-order chi connectivity index (χ0) is 14.2. The van der Waals surface area contributed by atoms with Crippen LogP contribution < -0.4 is 0 Å². The molecule has 0 aliphatic heterocycles. The Labute approximate surface area is 124 Å². The summed E-state index contributed by atoms with van der Waals surface area (Å²) in [5.41, 5.74) is 3.31. The zero-order valence-corrected chi connectivity index (χ0v) is 11.6. The van der Waals surface area contributed by atoms with Gasteiger partial charge in [0.1, 0.15) is 0 Å². The van der Waals surface area contributed by atoms with Crippen molar-refractivity contribution in [3.63, 3.8) is 0 Å². The van der Waals surface area contributed by atoms with Crippen molar-refractivity contribution in [2.75, 3.05) is 0 Å². The van der Waals surface area contributed by atoms with E-state index in [4.69, 9.17) is 0 Å². The second kappa shape index (κ2) is 4.87. The van der Waals surface area contributed by atoms with E-state index in [0.29, 0.717) is 0 Å². The van der Waals surface area contributed by atoms with Crippen LogP contribution in [0.25, 0.3) is 16.8 Å². The van der Waals surface area contributed by atoms with Gasteiger partial charge >= 0.3 is 0 Å². The van der Waals surface area contributed by atoms with Crippen LogP contribution in [-0.2, 0) is 0 Å². The number of rotatable bonds is 1. The SMILES string of the molecule is OC1c2ccccc2C=CC1c1cccc2ccccc12. The fourth-order valence-corrected chi connectivity index (χ4v) is 3.25. The molecule has 1 aliphatic rings. The number of fused-ring (bicyclic) bond motifs is 2. The number of hydrogen-bond donors (Lipinski definition) is 1. The van der Waals surface area contributed by atoms with Crippen molar-refractivity contribution in [1.82, 2.24) is 0 Å². The Morgan fingerprint density at radius 2 is 1.43 bits per heavy atom. The lowest BCUT2D eigenvalue weighted by Gasteiger charge is -2.27. The molecule has 1 nitrogen and oxygen atoms in total. The van der Waals surface area contributed by atoms with E-state index in [0.717, 1.165) is 11.1 Å². The molecule has 0 aromatic heterocycles. The van der Waals surface area contributed by atoms with Crippen LogP contribution in [-0.4, -0.2) is 5.11 Å². The minimum Gasteiger partial charge on any atom is -0.387 e. The Hall–Kier alpha value is -2.38. The average molecular weight is 272 g/mol.